The van der Waals surface area contributed by atoms with Gasteiger partial charge in [0.25, 0.3) is 0 Å². The fraction of sp³-hybridized carbons (Fsp3) is 0.471. The van der Waals surface area contributed by atoms with Crippen molar-refractivity contribution in [1.29, 1.82) is 0 Å². The lowest BCUT2D eigenvalue weighted by molar-refractivity contribution is 0.400. The molecule has 21 heavy (non-hydrogen) atoms. The summed E-state index contributed by atoms with van der Waals surface area (Å²) in [6.45, 7) is 7.32. The summed E-state index contributed by atoms with van der Waals surface area (Å²) in [5.41, 5.74) is 4.60. The van der Waals surface area contributed by atoms with Gasteiger partial charge in [-0.1, -0.05) is 19.1 Å². The molecule has 0 aliphatic rings. The number of ether oxygens (including phenoxy) is 1. The lowest BCUT2D eigenvalue weighted by atomic mass is 9.97. The lowest BCUT2D eigenvalue weighted by Gasteiger charge is -2.21. The van der Waals surface area contributed by atoms with Crippen LogP contribution in [0.25, 0.3) is 0 Å². The molecule has 0 saturated heterocycles. The Balaban J connectivity index is 2.48. The van der Waals surface area contributed by atoms with Crippen LogP contribution in [0.15, 0.2) is 24.7 Å². The molecule has 0 radical (unpaired) electrons. The van der Waals surface area contributed by atoms with Crippen LogP contribution in [0.2, 0.25) is 0 Å². The summed E-state index contributed by atoms with van der Waals surface area (Å²) in [5, 5.41) is 3.58. The number of nitrogens with one attached hydrogen (secondary N) is 1. The summed E-state index contributed by atoms with van der Waals surface area (Å²) < 4.78 is 7.65. The van der Waals surface area contributed by atoms with Gasteiger partial charge in [0, 0.05) is 18.8 Å². The van der Waals surface area contributed by atoms with E-state index in [0.717, 1.165) is 30.0 Å². The topological polar surface area (TPSA) is 39.1 Å². The van der Waals surface area contributed by atoms with Crippen molar-refractivity contribution in [3.63, 3.8) is 0 Å². The molecule has 2 aromatic rings. The number of rotatable bonds is 6. The van der Waals surface area contributed by atoms with Crippen molar-refractivity contribution in [3.8, 4) is 5.75 Å². The predicted octanol–water partition coefficient (Wildman–Crippen LogP) is 3.13. The average molecular weight is 287 g/mol. The van der Waals surface area contributed by atoms with E-state index in [1.165, 1.54) is 11.1 Å². The van der Waals surface area contributed by atoms with Gasteiger partial charge in [-0.2, -0.15) is 0 Å². The van der Waals surface area contributed by atoms with Gasteiger partial charge in [0.05, 0.1) is 25.2 Å². The number of aryl methyl sites for hydroxylation is 2. The molecule has 1 unspecified atom stereocenters. The van der Waals surface area contributed by atoms with Crippen molar-refractivity contribution >= 4 is 0 Å². The van der Waals surface area contributed by atoms with Gasteiger partial charge in [-0.05, 0) is 37.9 Å². The molecule has 4 nitrogen and oxygen atoms in total. The zero-order valence-electron chi connectivity index (χ0n) is 13.6. The molecule has 2 rings (SSSR count). The maximum Gasteiger partial charge on any atom is 0.127 e. The fourth-order valence-electron chi connectivity index (χ4n) is 2.55. The third-order valence-electron chi connectivity index (χ3n) is 3.84. The molecule has 1 aromatic heterocycles. The molecule has 4 heteroatoms. The van der Waals surface area contributed by atoms with Gasteiger partial charge < -0.3 is 14.6 Å². The van der Waals surface area contributed by atoms with Crippen molar-refractivity contribution in [3.05, 3.63) is 47.0 Å². The molecule has 0 saturated carbocycles. The van der Waals surface area contributed by atoms with E-state index in [4.69, 9.17) is 4.74 Å². The van der Waals surface area contributed by atoms with Crippen molar-refractivity contribution < 1.29 is 4.74 Å². The molecule has 0 bridgehead atoms. The Morgan fingerprint density at radius 3 is 2.67 bits per heavy atom. The molecule has 1 heterocycles. The van der Waals surface area contributed by atoms with E-state index in [1.807, 2.05) is 17.9 Å². The molecule has 1 aromatic carbocycles. The second-order valence-electron chi connectivity index (χ2n) is 5.48. The maximum absolute atomic E-state index is 5.67. The summed E-state index contributed by atoms with van der Waals surface area (Å²) >= 11 is 0. The molecule has 1 atom stereocenters. The maximum atomic E-state index is 5.67. The van der Waals surface area contributed by atoms with Crippen molar-refractivity contribution in [1.82, 2.24) is 14.9 Å². The second kappa shape index (κ2) is 6.76. The number of hydrogen-bond donors (Lipinski definition) is 1. The van der Waals surface area contributed by atoms with Crippen molar-refractivity contribution in [2.24, 2.45) is 7.05 Å². The van der Waals surface area contributed by atoms with E-state index in [0.29, 0.717) is 0 Å². The summed E-state index contributed by atoms with van der Waals surface area (Å²) in [6.07, 6.45) is 4.97. The van der Waals surface area contributed by atoms with Crippen LogP contribution in [0, 0.1) is 13.8 Å². The molecule has 1 N–H and O–H groups in total. The molecule has 0 aliphatic carbocycles. The predicted molar refractivity (Wildman–Crippen MR) is 85.8 cm³/mol. The van der Waals surface area contributed by atoms with Crippen LogP contribution < -0.4 is 10.1 Å². The van der Waals surface area contributed by atoms with Gasteiger partial charge in [0.1, 0.15) is 5.75 Å². The molecule has 0 fully saturated rings. The number of benzene rings is 1. The average Bonchev–Trinajstić information content (AvgIpc) is 2.89. The molecule has 0 aliphatic heterocycles. The van der Waals surface area contributed by atoms with Gasteiger partial charge in [0.2, 0.25) is 0 Å². The minimum absolute atomic E-state index is 0.0559. The summed E-state index contributed by atoms with van der Waals surface area (Å²) in [4.78, 5) is 4.52. The highest BCUT2D eigenvalue weighted by Gasteiger charge is 2.21. The van der Waals surface area contributed by atoms with Crippen LogP contribution in [0.1, 0.15) is 41.8 Å². The Hall–Kier alpha value is -1.81. The normalized spacial score (nSPS) is 12.4. The number of aromatic nitrogens is 2. The van der Waals surface area contributed by atoms with E-state index in [1.54, 1.807) is 7.11 Å². The molecular formula is C17H25N3O. The number of methoxy groups -OCH3 is 1. The van der Waals surface area contributed by atoms with Gasteiger partial charge in [-0.25, -0.2) is 4.98 Å². The fourth-order valence-corrected chi connectivity index (χ4v) is 2.55. The van der Waals surface area contributed by atoms with E-state index >= 15 is 0 Å². The van der Waals surface area contributed by atoms with Gasteiger partial charge in [-0.3, -0.25) is 0 Å². The minimum Gasteiger partial charge on any atom is -0.496 e. The standard InChI is InChI=1S/C17H25N3O/c1-6-9-18-16(15-10-20(4)11-19-15)14-8-7-12(2)13(3)17(14)21-5/h7-8,10-11,16,18H,6,9H2,1-5H3. The first-order valence-electron chi connectivity index (χ1n) is 7.43. The van der Waals surface area contributed by atoms with Gasteiger partial charge in [0.15, 0.2) is 0 Å². The Bertz CT molecular complexity index is 604. The molecule has 0 amide bonds. The van der Waals surface area contributed by atoms with E-state index in [9.17, 15) is 0 Å². The highest BCUT2D eigenvalue weighted by Crippen LogP contribution is 2.33. The van der Waals surface area contributed by atoms with Crippen LogP contribution in [0.4, 0.5) is 0 Å². The first kappa shape index (κ1) is 15.6. The third-order valence-corrected chi connectivity index (χ3v) is 3.84. The van der Waals surface area contributed by atoms with Crippen LogP contribution in [-0.2, 0) is 7.05 Å². The molecule has 114 valence electrons. The highest BCUT2D eigenvalue weighted by molar-refractivity contribution is 5.48. The number of nitrogens with zero attached hydrogens (tertiary/aromatic N) is 2. The van der Waals surface area contributed by atoms with E-state index < -0.39 is 0 Å². The lowest BCUT2D eigenvalue weighted by Crippen LogP contribution is -2.24. The first-order chi connectivity index (χ1) is 10.1. The molecule has 0 spiro atoms. The summed E-state index contributed by atoms with van der Waals surface area (Å²) in [7, 11) is 3.73. The number of hydrogen-bond acceptors (Lipinski definition) is 3. The van der Waals surface area contributed by atoms with Gasteiger partial charge in [-0.15, -0.1) is 0 Å². The van der Waals surface area contributed by atoms with E-state index in [-0.39, 0.29) is 6.04 Å². The second-order valence-corrected chi connectivity index (χ2v) is 5.48. The first-order valence-corrected chi connectivity index (χ1v) is 7.43. The van der Waals surface area contributed by atoms with E-state index in [2.05, 4.69) is 49.4 Å². The summed E-state index contributed by atoms with van der Waals surface area (Å²) in [6, 6.07) is 4.35. The largest absolute Gasteiger partial charge is 0.496 e. The van der Waals surface area contributed by atoms with Crippen molar-refractivity contribution in [2.75, 3.05) is 13.7 Å². The Labute approximate surface area is 127 Å². The van der Waals surface area contributed by atoms with Crippen LogP contribution in [0.3, 0.4) is 0 Å². The van der Waals surface area contributed by atoms with Crippen molar-refractivity contribution in [2.45, 2.75) is 33.2 Å². The Morgan fingerprint density at radius 1 is 1.33 bits per heavy atom. The summed E-state index contributed by atoms with van der Waals surface area (Å²) in [5.74, 6) is 0.953. The zero-order valence-corrected chi connectivity index (χ0v) is 13.6. The third kappa shape index (κ3) is 3.27. The monoisotopic (exact) mass is 287 g/mol. The van der Waals surface area contributed by atoms with Crippen LogP contribution in [0.5, 0.6) is 5.75 Å². The van der Waals surface area contributed by atoms with Crippen LogP contribution >= 0.6 is 0 Å². The Morgan fingerprint density at radius 2 is 2.10 bits per heavy atom. The minimum atomic E-state index is 0.0559. The smallest absolute Gasteiger partial charge is 0.127 e. The zero-order chi connectivity index (χ0) is 15.4. The number of imidazole rings is 1. The quantitative estimate of drug-likeness (QED) is 0.887. The Kier molecular flexibility index (Phi) is 5.02. The van der Waals surface area contributed by atoms with Gasteiger partial charge >= 0.3 is 0 Å². The molecular weight excluding hydrogens is 262 g/mol. The SMILES string of the molecule is CCCNC(c1cn(C)cn1)c1ccc(C)c(C)c1OC. The van der Waals surface area contributed by atoms with Crippen LogP contribution in [-0.4, -0.2) is 23.2 Å². The highest BCUT2D eigenvalue weighted by atomic mass is 16.5.